The van der Waals surface area contributed by atoms with E-state index in [0.29, 0.717) is 29.7 Å². The monoisotopic (exact) mass is 889 g/mol. The van der Waals surface area contributed by atoms with E-state index in [9.17, 15) is 13.2 Å². The summed E-state index contributed by atoms with van der Waals surface area (Å²) >= 11 is 6.39. The van der Waals surface area contributed by atoms with Gasteiger partial charge in [0.2, 0.25) is 0 Å². The van der Waals surface area contributed by atoms with Crippen molar-refractivity contribution in [3.05, 3.63) is 143 Å². The Hall–Kier alpha value is -6.38. The van der Waals surface area contributed by atoms with Crippen molar-refractivity contribution in [2.45, 2.75) is 13.8 Å². The van der Waals surface area contributed by atoms with Crippen molar-refractivity contribution in [3.63, 3.8) is 0 Å². The largest absolute Gasteiger partial charge is 0.378 e. The lowest BCUT2D eigenvalue weighted by molar-refractivity contribution is 0.122. The molecule has 4 aromatic carbocycles. The van der Waals surface area contributed by atoms with Crippen LogP contribution >= 0.6 is 11.6 Å². The van der Waals surface area contributed by atoms with Gasteiger partial charge in [0.15, 0.2) is 0 Å². The highest BCUT2D eigenvalue weighted by atomic mass is 35.5. The molecule has 0 amide bonds. The number of para-hydroxylation sites is 2. The van der Waals surface area contributed by atoms with Gasteiger partial charge in [-0.15, -0.1) is 0 Å². The molecule has 10 rings (SSSR count). The van der Waals surface area contributed by atoms with E-state index in [1.807, 2.05) is 62.5 Å². The van der Waals surface area contributed by atoms with Crippen molar-refractivity contribution in [2.24, 2.45) is 0 Å². The Balaban J connectivity index is 0.000000174. The third kappa shape index (κ3) is 9.02. The minimum Gasteiger partial charge on any atom is -0.378 e. The molecule has 3 saturated heterocycles. The molecule has 1 N–H and O–H groups in total. The lowest BCUT2D eigenvalue weighted by Gasteiger charge is -2.37. The van der Waals surface area contributed by atoms with Gasteiger partial charge in [-0.1, -0.05) is 48.0 Å². The summed E-state index contributed by atoms with van der Waals surface area (Å²) in [5.74, 6) is -1.19. The molecule has 0 atom stereocenters. The van der Waals surface area contributed by atoms with Crippen molar-refractivity contribution >= 4 is 73.5 Å². The number of rotatable bonds is 7. The second-order valence-electron chi connectivity index (χ2n) is 16.1. The van der Waals surface area contributed by atoms with E-state index in [2.05, 4.69) is 64.0 Å². The van der Waals surface area contributed by atoms with Gasteiger partial charge < -0.3 is 34.6 Å². The van der Waals surface area contributed by atoms with Crippen LogP contribution in [0.4, 0.5) is 57.6 Å². The lowest BCUT2D eigenvalue weighted by atomic mass is 10.1. The number of pyridine rings is 3. The van der Waals surface area contributed by atoms with Gasteiger partial charge in [0.05, 0.1) is 69.5 Å². The standard InChI is InChI=1S/C29H30F2N6O.C20H18ClF2N3/c1-20-28(33-22-17-24(19-32-18-22)36-11-13-38-14-12-36)27-25(31)15-21(30)16-26(27)34-29(20)37-9-7-35(8-10-37)23-5-3-2-4-6-23;1-13-19(21)18-16(23)11-14(22)12-17(18)24-20(13)26-9-7-25(8-10-26)15-5-3-2-4-6-15/h2-6,15-19H,7-14H2,1H3,(H,33,34);2-6,11-12H,7-10H2,1H3. The number of hydrogen-bond donors (Lipinski definition) is 1. The molecule has 330 valence electrons. The number of aromatic nitrogens is 3. The third-order valence-corrected chi connectivity index (χ3v) is 12.6. The van der Waals surface area contributed by atoms with E-state index in [0.717, 1.165) is 106 Å². The second kappa shape index (κ2) is 18.8. The Bertz CT molecular complexity index is 2760. The summed E-state index contributed by atoms with van der Waals surface area (Å²) in [6.07, 6.45) is 3.54. The van der Waals surface area contributed by atoms with E-state index < -0.39 is 23.3 Å². The Morgan fingerprint density at radius 3 is 1.55 bits per heavy atom. The molecule has 0 aliphatic carbocycles. The first kappa shape index (κ1) is 42.9. The summed E-state index contributed by atoms with van der Waals surface area (Å²) < 4.78 is 62.7. The smallest absolute Gasteiger partial charge is 0.137 e. The highest BCUT2D eigenvalue weighted by Crippen LogP contribution is 2.38. The zero-order valence-corrected chi connectivity index (χ0v) is 36.4. The molecule has 0 bridgehead atoms. The number of halogens is 5. The second-order valence-corrected chi connectivity index (χ2v) is 16.5. The number of hydrogen-bond acceptors (Lipinski definition) is 10. The predicted octanol–water partition coefficient (Wildman–Crippen LogP) is 9.92. The molecule has 0 saturated carbocycles. The van der Waals surface area contributed by atoms with Gasteiger partial charge in [-0.25, -0.2) is 27.5 Å². The Morgan fingerprint density at radius 2 is 1.00 bits per heavy atom. The molecule has 10 nitrogen and oxygen atoms in total. The van der Waals surface area contributed by atoms with Crippen molar-refractivity contribution in [1.82, 2.24) is 15.0 Å². The fraction of sp³-hybridized carbons (Fsp3) is 0.286. The van der Waals surface area contributed by atoms with Gasteiger partial charge in [0.25, 0.3) is 0 Å². The maximum Gasteiger partial charge on any atom is 0.137 e. The number of ether oxygens (including phenoxy) is 1. The van der Waals surface area contributed by atoms with E-state index in [4.69, 9.17) is 21.3 Å². The van der Waals surface area contributed by atoms with Gasteiger partial charge in [-0.2, -0.15) is 0 Å². The average Bonchev–Trinajstić information content (AvgIpc) is 3.32. The van der Waals surface area contributed by atoms with Crippen LogP contribution < -0.4 is 29.8 Å². The average molecular weight is 890 g/mol. The Kier molecular flexibility index (Phi) is 12.6. The van der Waals surface area contributed by atoms with Crippen LogP contribution in [-0.4, -0.2) is 93.6 Å². The molecular formula is C49H48ClF4N9O. The van der Waals surface area contributed by atoms with Crippen LogP contribution in [0.3, 0.4) is 0 Å². The minimum atomic E-state index is -0.680. The molecule has 3 fully saturated rings. The number of fused-ring (bicyclic) bond motifs is 2. The number of nitrogens with one attached hydrogen (secondary N) is 1. The fourth-order valence-electron chi connectivity index (χ4n) is 8.78. The summed E-state index contributed by atoms with van der Waals surface area (Å²) in [5.41, 5.74) is 6.73. The molecule has 0 spiro atoms. The van der Waals surface area contributed by atoms with Gasteiger partial charge in [-0.05, 0) is 44.2 Å². The molecule has 6 heterocycles. The summed E-state index contributed by atoms with van der Waals surface area (Å²) in [6, 6.07) is 26.9. The number of benzene rings is 4. The summed E-state index contributed by atoms with van der Waals surface area (Å²) in [4.78, 5) is 24.9. The van der Waals surface area contributed by atoms with Gasteiger partial charge >= 0.3 is 0 Å². The predicted molar refractivity (Wildman–Crippen MR) is 250 cm³/mol. The molecule has 64 heavy (non-hydrogen) atoms. The maximum absolute atomic E-state index is 15.2. The third-order valence-electron chi connectivity index (χ3n) is 12.1. The summed E-state index contributed by atoms with van der Waals surface area (Å²) in [7, 11) is 0. The van der Waals surface area contributed by atoms with E-state index in [-0.39, 0.29) is 21.8 Å². The van der Waals surface area contributed by atoms with Crippen molar-refractivity contribution in [2.75, 3.05) is 108 Å². The first-order valence-electron chi connectivity index (χ1n) is 21.5. The van der Waals surface area contributed by atoms with Crippen LogP contribution in [-0.2, 0) is 4.74 Å². The molecule has 15 heteroatoms. The Labute approximate surface area is 374 Å². The van der Waals surface area contributed by atoms with E-state index in [1.165, 1.54) is 23.5 Å². The van der Waals surface area contributed by atoms with Crippen LogP contribution in [0.25, 0.3) is 21.8 Å². The van der Waals surface area contributed by atoms with Crippen LogP contribution in [0.5, 0.6) is 0 Å². The number of piperazine rings is 2. The number of nitrogens with zero attached hydrogens (tertiary/aromatic N) is 8. The molecule has 0 radical (unpaired) electrons. The molecule has 7 aromatic rings. The number of anilines is 7. The summed E-state index contributed by atoms with van der Waals surface area (Å²) in [6.45, 7) is 13.1. The minimum absolute atomic E-state index is 0.178. The van der Waals surface area contributed by atoms with Gasteiger partial charge in [-0.3, -0.25) is 4.98 Å². The van der Waals surface area contributed by atoms with Crippen LogP contribution in [0.1, 0.15) is 11.1 Å². The Morgan fingerprint density at radius 1 is 0.531 bits per heavy atom. The molecular weight excluding hydrogens is 842 g/mol. The molecule has 0 unspecified atom stereocenters. The van der Waals surface area contributed by atoms with Crippen LogP contribution in [0, 0.1) is 37.1 Å². The topological polar surface area (TPSA) is 76.1 Å². The highest BCUT2D eigenvalue weighted by molar-refractivity contribution is 6.36. The van der Waals surface area contributed by atoms with E-state index >= 15 is 4.39 Å². The summed E-state index contributed by atoms with van der Waals surface area (Å²) in [5, 5.41) is 4.16. The van der Waals surface area contributed by atoms with Crippen molar-refractivity contribution in [1.29, 1.82) is 0 Å². The quantitative estimate of drug-likeness (QED) is 0.157. The first-order chi connectivity index (χ1) is 31.1. The fourth-order valence-corrected chi connectivity index (χ4v) is 9.05. The lowest BCUT2D eigenvalue weighted by Crippen LogP contribution is -2.47. The molecule has 3 aliphatic heterocycles. The highest BCUT2D eigenvalue weighted by Gasteiger charge is 2.26. The van der Waals surface area contributed by atoms with E-state index in [1.54, 1.807) is 6.20 Å². The first-order valence-corrected chi connectivity index (χ1v) is 21.9. The zero-order valence-electron chi connectivity index (χ0n) is 35.7. The molecule has 3 aliphatic rings. The number of morpholine rings is 1. The maximum atomic E-state index is 15.2. The molecule has 3 aromatic heterocycles. The van der Waals surface area contributed by atoms with Gasteiger partial charge in [0, 0.05) is 112 Å². The van der Waals surface area contributed by atoms with Crippen LogP contribution in [0.15, 0.2) is 103 Å². The van der Waals surface area contributed by atoms with Crippen LogP contribution in [0.2, 0.25) is 5.02 Å². The normalized spacial score (nSPS) is 15.7. The SMILES string of the molecule is Cc1c(N2CCN(c3ccccc3)CC2)nc2cc(F)cc(F)c2c1Cl.Cc1c(N2CCN(c3ccccc3)CC2)nc2cc(F)cc(F)c2c1Nc1cncc(N2CCOCC2)c1. The van der Waals surface area contributed by atoms with Crippen molar-refractivity contribution in [3.8, 4) is 0 Å². The zero-order chi connectivity index (χ0) is 44.3. The van der Waals surface area contributed by atoms with Gasteiger partial charge in [0.1, 0.15) is 34.9 Å². The van der Waals surface area contributed by atoms with Crippen molar-refractivity contribution < 1.29 is 22.3 Å².